The zero-order valence-electron chi connectivity index (χ0n) is 14.5. The van der Waals surface area contributed by atoms with E-state index in [1.807, 2.05) is 42.5 Å². The number of methoxy groups -OCH3 is 1. The smallest absolute Gasteiger partial charge is 0.379 e. The second-order valence-corrected chi connectivity index (χ2v) is 6.85. The number of ether oxygens (including phenoxy) is 2. The Morgan fingerprint density at radius 3 is 2.73 bits per heavy atom. The molecule has 0 saturated heterocycles. The highest BCUT2D eigenvalue weighted by atomic mass is 16.7. The molecule has 0 aromatic heterocycles. The third-order valence-electron chi connectivity index (χ3n) is 5.21. The molecule has 4 rings (SSSR count). The molecule has 2 aromatic carbocycles. The molecule has 1 N–H and O–H groups in total. The van der Waals surface area contributed by atoms with Gasteiger partial charge < -0.3 is 14.6 Å². The molecule has 0 bridgehead atoms. The predicted molar refractivity (Wildman–Crippen MR) is 95.2 cm³/mol. The largest absolute Gasteiger partial charge is 0.464 e. The molecular formula is C21H20O5. The number of Topliss-reactive ketones (excluding diaryl/α,β-unsaturated/α-hetero) is 1. The van der Waals surface area contributed by atoms with Crippen molar-refractivity contribution in [3.8, 4) is 0 Å². The summed E-state index contributed by atoms with van der Waals surface area (Å²) in [5.41, 5.74) is 1.47. The van der Waals surface area contributed by atoms with E-state index in [1.165, 1.54) is 7.11 Å². The summed E-state index contributed by atoms with van der Waals surface area (Å²) < 4.78 is 10.3. The van der Waals surface area contributed by atoms with Gasteiger partial charge in [-0.1, -0.05) is 42.5 Å². The van der Waals surface area contributed by atoms with Crippen LogP contribution >= 0.6 is 0 Å². The molecule has 1 aliphatic carbocycles. The number of esters is 1. The lowest BCUT2D eigenvalue weighted by Crippen LogP contribution is -2.47. The van der Waals surface area contributed by atoms with Gasteiger partial charge in [-0.2, -0.15) is 0 Å². The van der Waals surface area contributed by atoms with E-state index in [9.17, 15) is 14.7 Å². The number of aliphatic hydroxyl groups is 1. The van der Waals surface area contributed by atoms with E-state index >= 15 is 0 Å². The van der Waals surface area contributed by atoms with Crippen LogP contribution < -0.4 is 0 Å². The number of carbonyl (C=O) groups is 2. The van der Waals surface area contributed by atoms with Crippen LogP contribution in [0.5, 0.6) is 0 Å². The first-order valence-electron chi connectivity index (χ1n) is 8.76. The van der Waals surface area contributed by atoms with Crippen molar-refractivity contribution in [2.24, 2.45) is 0 Å². The highest BCUT2D eigenvalue weighted by molar-refractivity contribution is 5.99. The molecule has 1 aliphatic heterocycles. The first-order valence-corrected chi connectivity index (χ1v) is 8.76. The minimum absolute atomic E-state index is 0.0244. The normalized spacial score (nSPS) is 25.6. The van der Waals surface area contributed by atoms with Crippen molar-refractivity contribution in [2.75, 3.05) is 7.11 Å². The fraction of sp³-hybridized carbons (Fsp3) is 0.333. The molecule has 0 spiro atoms. The molecule has 1 heterocycles. The van der Waals surface area contributed by atoms with Gasteiger partial charge in [0.15, 0.2) is 5.78 Å². The molecule has 2 aliphatic rings. The first kappa shape index (κ1) is 16.8. The summed E-state index contributed by atoms with van der Waals surface area (Å²) in [6.07, 6.45) is 1.61. The predicted octanol–water partition coefficient (Wildman–Crippen LogP) is 3.21. The SMILES string of the molecule is COC(=O)C1(O)C[C@@H](c2ccc3ccccc3c2)C2=C(CCCC2=O)O1. The van der Waals surface area contributed by atoms with Gasteiger partial charge in [0, 0.05) is 30.8 Å². The molecule has 0 amide bonds. The van der Waals surface area contributed by atoms with E-state index < -0.39 is 17.7 Å². The molecule has 0 fully saturated rings. The van der Waals surface area contributed by atoms with Crippen molar-refractivity contribution in [2.45, 2.75) is 37.4 Å². The number of ketones is 1. The Kier molecular flexibility index (Phi) is 4.04. The van der Waals surface area contributed by atoms with Crippen LogP contribution in [0.3, 0.4) is 0 Å². The summed E-state index contributed by atoms with van der Waals surface area (Å²) in [6.45, 7) is 0. The second-order valence-electron chi connectivity index (χ2n) is 6.85. The molecular weight excluding hydrogens is 332 g/mol. The van der Waals surface area contributed by atoms with Gasteiger partial charge in [0.2, 0.25) is 0 Å². The maximum atomic E-state index is 12.6. The topological polar surface area (TPSA) is 72.8 Å². The summed E-state index contributed by atoms with van der Waals surface area (Å²) in [5.74, 6) is -2.87. The van der Waals surface area contributed by atoms with Gasteiger partial charge in [-0.3, -0.25) is 4.79 Å². The number of hydrogen-bond acceptors (Lipinski definition) is 5. The summed E-state index contributed by atoms with van der Waals surface area (Å²) in [4.78, 5) is 24.7. The third kappa shape index (κ3) is 2.69. The fourth-order valence-electron chi connectivity index (χ4n) is 3.95. The van der Waals surface area contributed by atoms with Gasteiger partial charge in [0.25, 0.3) is 0 Å². The Morgan fingerprint density at radius 1 is 1.19 bits per heavy atom. The number of rotatable bonds is 2. The van der Waals surface area contributed by atoms with E-state index in [4.69, 9.17) is 9.47 Å². The van der Waals surface area contributed by atoms with Crippen molar-refractivity contribution in [1.29, 1.82) is 0 Å². The summed E-state index contributed by atoms with van der Waals surface area (Å²) in [7, 11) is 1.21. The summed E-state index contributed by atoms with van der Waals surface area (Å²) >= 11 is 0. The minimum Gasteiger partial charge on any atom is -0.464 e. The maximum absolute atomic E-state index is 12.6. The Hall–Kier alpha value is -2.66. The molecule has 2 atom stereocenters. The third-order valence-corrected chi connectivity index (χ3v) is 5.21. The molecule has 0 saturated carbocycles. The standard InChI is InChI=1S/C21H20O5/c1-25-20(23)21(24)12-16(19-17(22)7-4-8-18(19)26-21)15-10-9-13-5-2-3-6-14(13)11-15/h2-3,5-6,9-11,16,24H,4,7-8,12H2,1H3/t16-,21?/m0/s1. The van der Waals surface area contributed by atoms with Crippen LogP contribution in [-0.2, 0) is 19.1 Å². The highest BCUT2D eigenvalue weighted by Crippen LogP contribution is 2.45. The number of benzene rings is 2. The fourth-order valence-corrected chi connectivity index (χ4v) is 3.95. The van der Waals surface area contributed by atoms with Gasteiger partial charge in [-0.15, -0.1) is 0 Å². The Bertz CT molecular complexity index is 929. The summed E-state index contributed by atoms with van der Waals surface area (Å²) in [6, 6.07) is 13.9. The minimum atomic E-state index is -2.07. The zero-order chi connectivity index (χ0) is 18.3. The van der Waals surface area contributed by atoms with Crippen LogP contribution in [0, 0.1) is 0 Å². The zero-order valence-corrected chi connectivity index (χ0v) is 14.5. The molecule has 1 unspecified atom stereocenters. The lowest BCUT2D eigenvalue weighted by Gasteiger charge is -2.39. The van der Waals surface area contributed by atoms with Crippen molar-refractivity contribution < 1.29 is 24.2 Å². The molecule has 5 nitrogen and oxygen atoms in total. The molecule has 5 heteroatoms. The van der Waals surface area contributed by atoms with E-state index in [0.29, 0.717) is 30.6 Å². The van der Waals surface area contributed by atoms with Crippen LogP contribution in [-0.4, -0.2) is 29.8 Å². The van der Waals surface area contributed by atoms with Gasteiger partial charge in [0.1, 0.15) is 5.76 Å². The van der Waals surface area contributed by atoms with Gasteiger partial charge >= 0.3 is 11.8 Å². The van der Waals surface area contributed by atoms with Gasteiger partial charge in [0.05, 0.1) is 7.11 Å². The van der Waals surface area contributed by atoms with Crippen LogP contribution in [0.1, 0.15) is 37.2 Å². The van der Waals surface area contributed by atoms with E-state index in [1.54, 1.807) is 0 Å². The van der Waals surface area contributed by atoms with E-state index in [2.05, 4.69) is 0 Å². The summed E-state index contributed by atoms with van der Waals surface area (Å²) in [5, 5.41) is 12.9. The molecule has 134 valence electrons. The van der Waals surface area contributed by atoms with Crippen molar-refractivity contribution in [1.82, 2.24) is 0 Å². The van der Waals surface area contributed by atoms with E-state index in [0.717, 1.165) is 16.3 Å². The highest BCUT2D eigenvalue weighted by Gasteiger charge is 2.50. The maximum Gasteiger partial charge on any atom is 0.379 e. The van der Waals surface area contributed by atoms with Gasteiger partial charge in [-0.25, -0.2) is 4.79 Å². The average molecular weight is 352 g/mol. The number of hydrogen-bond donors (Lipinski definition) is 1. The lowest BCUT2D eigenvalue weighted by atomic mass is 9.77. The van der Waals surface area contributed by atoms with Crippen LogP contribution in [0.2, 0.25) is 0 Å². The molecule has 0 radical (unpaired) electrons. The van der Waals surface area contributed by atoms with Crippen LogP contribution in [0.25, 0.3) is 10.8 Å². The average Bonchev–Trinajstić information content (AvgIpc) is 2.66. The number of fused-ring (bicyclic) bond motifs is 1. The Morgan fingerprint density at radius 2 is 1.96 bits per heavy atom. The second kappa shape index (κ2) is 6.25. The van der Waals surface area contributed by atoms with Crippen LogP contribution in [0.4, 0.5) is 0 Å². The van der Waals surface area contributed by atoms with Crippen molar-refractivity contribution in [3.63, 3.8) is 0 Å². The number of allylic oxidation sites excluding steroid dienone is 2. The monoisotopic (exact) mass is 352 g/mol. The van der Waals surface area contributed by atoms with Crippen molar-refractivity contribution in [3.05, 3.63) is 59.4 Å². The van der Waals surface area contributed by atoms with Crippen molar-refractivity contribution >= 4 is 22.5 Å². The van der Waals surface area contributed by atoms with E-state index in [-0.39, 0.29) is 12.2 Å². The lowest BCUT2D eigenvalue weighted by molar-refractivity contribution is -0.222. The quantitative estimate of drug-likeness (QED) is 0.840. The number of carbonyl (C=O) groups excluding carboxylic acids is 2. The Labute approximate surface area is 151 Å². The molecule has 26 heavy (non-hydrogen) atoms. The van der Waals surface area contributed by atoms with Gasteiger partial charge in [-0.05, 0) is 22.8 Å². The molecule has 2 aromatic rings. The van der Waals surface area contributed by atoms with Crippen LogP contribution in [0.15, 0.2) is 53.8 Å². The first-order chi connectivity index (χ1) is 12.5. The Balaban J connectivity index is 1.84.